The Morgan fingerprint density at radius 1 is 1.31 bits per heavy atom. The number of aromatic hydroxyl groups is 1. The second kappa shape index (κ2) is 5.78. The highest BCUT2D eigenvalue weighted by atomic mass is 32.1. The fourth-order valence-corrected chi connectivity index (χ4v) is 6.47. The van der Waals surface area contributed by atoms with Crippen molar-refractivity contribution >= 4 is 11.3 Å². The van der Waals surface area contributed by atoms with Gasteiger partial charge in [0.1, 0.15) is 16.4 Å². The van der Waals surface area contributed by atoms with Gasteiger partial charge in [-0.25, -0.2) is 4.98 Å². The van der Waals surface area contributed by atoms with E-state index in [2.05, 4.69) is 11.9 Å². The monoisotopic (exact) mass is 373 g/mol. The predicted octanol–water partition coefficient (Wildman–Crippen LogP) is 3.80. The van der Waals surface area contributed by atoms with Crippen molar-refractivity contribution in [1.82, 2.24) is 4.98 Å². The van der Waals surface area contributed by atoms with Crippen molar-refractivity contribution in [2.75, 3.05) is 0 Å². The van der Waals surface area contributed by atoms with Crippen LogP contribution < -0.4 is 0 Å². The molecule has 0 radical (unpaired) electrons. The Morgan fingerprint density at radius 2 is 2.08 bits per heavy atom. The molecule has 4 atom stereocenters. The first-order chi connectivity index (χ1) is 12.2. The minimum Gasteiger partial charge on any atom is -0.508 e. The third-order valence-electron chi connectivity index (χ3n) is 6.87. The van der Waals surface area contributed by atoms with Gasteiger partial charge in [-0.1, -0.05) is 13.0 Å². The molecule has 1 heterocycles. The highest BCUT2D eigenvalue weighted by molar-refractivity contribution is 7.09. The molecule has 4 rings (SSSR count). The predicted molar refractivity (Wildman–Crippen MR) is 102 cm³/mol. The topological polar surface area (TPSA) is 73.6 Å². The molecule has 2 aromatic rings. The molecule has 1 saturated carbocycles. The van der Waals surface area contributed by atoms with Crippen molar-refractivity contribution in [1.29, 1.82) is 0 Å². The Labute approximate surface area is 158 Å². The first-order valence-corrected chi connectivity index (χ1v) is 10.3. The Kier molecular flexibility index (Phi) is 3.99. The summed E-state index contributed by atoms with van der Waals surface area (Å²) in [5.74, 6) is 0.574. The van der Waals surface area contributed by atoms with Crippen molar-refractivity contribution in [3.63, 3.8) is 0 Å². The Hall–Kier alpha value is -1.43. The van der Waals surface area contributed by atoms with Gasteiger partial charge in [-0.3, -0.25) is 0 Å². The van der Waals surface area contributed by atoms with E-state index in [0.717, 1.165) is 25.0 Å². The van der Waals surface area contributed by atoms with Crippen molar-refractivity contribution < 1.29 is 15.3 Å². The molecule has 2 aliphatic rings. The van der Waals surface area contributed by atoms with Crippen LogP contribution in [0.1, 0.15) is 61.4 Å². The zero-order valence-electron chi connectivity index (χ0n) is 15.6. The van der Waals surface area contributed by atoms with Crippen molar-refractivity contribution in [3.8, 4) is 5.75 Å². The number of thiazole rings is 1. The second-order valence-electron chi connectivity index (χ2n) is 8.40. The van der Waals surface area contributed by atoms with Gasteiger partial charge in [0.15, 0.2) is 0 Å². The van der Waals surface area contributed by atoms with E-state index in [0.29, 0.717) is 23.6 Å². The number of fused-ring (bicyclic) bond motifs is 3. The van der Waals surface area contributed by atoms with Crippen LogP contribution in [0.25, 0.3) is 0 Å². The Balaban J connectivity index is 1.83. The normalized spacial score (nSPS) is 36.4. The number of aliphatic hydroxyl groups is 2. The summed E-state index contributed by atoms with van der Waals surface area (Å²) in [5.41, 5.74) is 0.524. The number of benzene rings is 1. The van der Waals surface area contributed by atoms with E-state index in [1.54, 1.807) is 13.0 Å². The molecule has 0 spiro atoms. The molecule has 0 saturated heterocycles. The minimum absolute atomic E-state index is 0.177. The van der Waals surface area contributed by atoms with Gasteiger partial charge in [0.2, 0.25) is 0 Å². The molecule has 1 fully saturated rings. The van der Waals surface area contributed by atoms with Gasteiger partial charge in [-0.15, -0.1) is 11.3 Å². The van der Waals surface area contributed by atoms with Crippen LogP contribution in [0.4, 0.5) is 0 Å². The van der Waals surface area contributed by atoms with E-state index >= 15 is 0 Å². The largest absolute Gasteiger partial charge is 0.508 e. The first kappa shape index (κ1) is 18.0. The molecule has 0 bridgehead atoms. The van der Waals surface area contributed by atoms with Gasteiger partial charge in [-0.05, 0) is 75.1 Å². The van der Waals surface area contributed by atoms with Gasteiger partial charge in [0.05, 0.1) is 5.60 Å². The molecule has 26 heavy (non-hydrogen) atoms. The van der Waals surface area contributed by atoms with Crippen LogP contribution in [-0.4, -0.2) is 25.9 Å². The summed E-state index contributed by atoms with van der Waals surface area (Å²) < 4.78 is 0. The average molecular weight is 374 g/mol. The van der Waals surface area contributed by atoms with Crippen LogP contribution in [0, 0.1) is 12.8 Å². The fraction of sp³-hybridized carbons (Fsp3) is 0.571. The maximum absolute atomic E-state index is 11.6. The number of hydrogen-bond donors (Lipinski definition) is 3. The molecule has 2 aliphatic carbocycles. The van der Waals surface area contributed by atoms with Crippen LogP contribution in [-0.2, 0) is 17.4 Å². The molecule has 0 amide bonds. The molecule has 5 heteroatoms. The molecule has 4 nitrogen and oxygen atoms in total. The van der Waals surface area contributed by atoms with Gasteiger partial charge in [-0.2, -0.15) is 0 Å². The summed E-state index contributed by atoms with van der Waals surface area (Å²) >= 11 is 1.44. The summed E-state index contributed by atoms with van der Waals surface area (Å²) in [6.07, 6.45) is 3.76. The third-order valence-corrected chi connectivity index (χ3v) is 7.98. The van der Waals surface area contributed by atoms with E-state index in [-0.39, 0.29) is 11.3 Å². The summed E-state index contributed by atoms with van der Waals surface area (Å²) in [5, 5.41) is 35.5. The Morgan fingerprint density at radius 3 is 2.73 bits per heavy atom. The highest BCUT2D eigenvalue weighted by Crippen LogP contribution is 2.60. The first-order valence-electron chi connectivity index (χ1n) is 9.41. The standard InChI is InChI=1S/C21H27NO3S/c1-4-20-12-19(3,24)21(25,18-22-13(2)11-26-18)10-15(20)6-5-14-9-16(23)7-8-17(14)20/h7-9,11,15,23-25H,4-6,10,12H2,1-3H3/t15-,19?,20-,21?/m1/s1. The molecule has 0 aliphatic heterocycles. The van der Waals surface area contributed by atoms with Gasteiger partial charge in [0, 0.05) is 16.5 Å². The quantitative estimate of drug-likeness (QED) is 0.749. The van der Waals surface area contributed by atoms with Crippen LogP contribution >= 0.6 is 11.3 Å². The number of rotatable bonds is 2. The highest BCUT2D eigenvalue weighted by Gasteiger charge is 2.61. The van der Waals surface area contributed by atoms with E-state index in [1.165, 1.54) is 22.5 Å². The molecular weight excluding hydrogens is 346 g/mol. The van der Waals surface area contributed by atoms with Crippen LogP contribution in [0.15, 0.2) is 23.6 Å². The SMILES string of the molecule is CC[C@@]12CC(C)(O)C(O)(c3nc(C)cs3)C[C@H]1CCc1cc(O)ccc12. The average Bonchev–Trinajstić information content (AvgIpc) is 3.02. The van der Waals surface area contributed by atoms with Gasteiger partial charge >= 0.3 is 0 Å². The van der Waals surface area contributed by atoms with E-state index in [9.17, 15) is 15.3 Å². The summed E-state index contributed by atoms with van der Waals surface area (Å²) in [6.45, 7) is 5.84. The van der Waals surface area contributed by atoms with Crippen molar-refractivity contribution in [2.45, 2.75) is 69.5 Å². The number of hydrogen-bond acceptors (Lipinski definition) is 5. The summed E-state index contributed by atoms with van der Waals surface area (Å²) in [7, 11) is 0. The molecule has 1 aromatic carbocycles. The lowest BCUT2D eigenvalue weighted by Crippen LogP contribution is -2.62. The molecule has 140 valence electrons. The smallest absolute Gasteiger partial charge is 0.144 e. The Bertz CT molecular complexity index is 846. The number of nitrogens with zero attached hydrogens (tertiary/aromatic N) is 1. The number of aryl methyl sites for hydroxylation is 2. The maximum Gasteiger partial charge on any atom is 0.144 e. The van der Waals surface area contributed by atoms with Crippen LogP contribution in [0.5, 0.6) is 5.75 Å². The van der Waals surface area contributed by atoms with Crippen molar-refractivity contribution in [3.05, 3.63) is 45.4 Å². The molecule has 3 N–H and O–H groups in total. The minimum atomic E-state index is -1.32. The van der Waals surface area contributed by atoms with E-state index in [1.807, 2.05) is 24.4 Å². The zero-order chi connectivity index (χ0) is 18.7. The van der Waals surface area contributed by atoms with Crippen LogP contribution in [0.2, 0.25) is 0 Å². The third kappa shape index (κ3) is 2.37. The zero-order valence-corrected chi connectivity index (χ0v) is 16.4. The van der Waals surface area contributed by atoms with E-state index < -0.39 is 11.2 Å². The second-order valence-corrected chi connectivity index (χ2v) is 9.25. The van der Waals surface area contributed by atoms with Gasteiger partial charge < -0.3 is 15.3 Å². The number of aromatic nitrogens is 1. The van der Waals surface area contributed by atoms with Crippen molar-refractivity contribution in [2.24, 2.45) is 5.92 Å². The summed E-state index contributed by atoms with van der Waals surface area (Å²) in [4.78, 5) is 4.52. The number of phenols is 1. The van der Waals surface area contributed by atoms with E-state index in [4.69, 9.17) is 0 Å². The number of phenolic OH excluding ortho intramolecular Hbond substituents is 1. The molecular formula is C21H27NO3S. The maximum atomic E-state index is 11.6. The van der Waals surface area contributed by atoms with Crippen LogP contribution in [0.3, 0.4) is 0 Å². The summed E-state index contributed by atoms with van der Waals surface area (Å²) in [6, 6.07) is 5.63. The lowest BCUT2D eigenvalue weighted by Gasteiger charge is -2.58. The lowest BCUT2D eigenvalue weighted by atomic mass is 9.49. The molecule has 1 aromatic heterocycles. The van der Waals surface area contributed by atoms with Gasteiger partial charge in [0.25, 0.3) is 0 Å². The fourth-order valence-electron chi connectivity index (χ4n) is 5.44. The molecule has 2 unspecified atom stereocenters. The lowest BCUT2D eigenvalue weighted by molar-refractivity contribution is -0.205.